The van der Waals surface area contributed by atoms with Crippen LogP contribution < -0.4 is 0 Å². The van der Waals surface area contributed by atoms with E-state index in [1.807, 2.05) is 0 Å². The van der Waals surface area contributed by atoms with Gasteiger partial charge in [-0.05, 0) is 51.1 Å². The van der Waals surface area contributed by atoms with Crippen LogP contribution >= 0.6 is 0 Å². The van der Waals surface area contributed by atoms with Gasteiger partial charge in [0.2, 0.25) is 0 Å². The summed E-state index contributed by atoms with van der Waals surface area (Å²) in [6, 6.07) is 0. The van der Waals surface area contributed by atoms with Crippen LogP contribution in [0, 0.1) is 5.92 Å². The molecule has 1 aliphatic heterocycles. The van der Waals surface area contributed by atoms with Crippen molar-refractivity contribution in [2.24, 2.45) is 5.92 Å². The average Bonchev–Trinajstić information content (AvgIpc) is 2.38. The van der Waals surface area contributed by atoms with Gasteiger partial charge in [-0.15, -0.1) is 0 Å². The molecule has 1 atom stereocenters. The average molecular weight is 213 g/mol. The van der Waals surface area contributed by atoms with E-state index in [9.17, 15) is 5.11 Å². The predicted molar refractivity (Wildman–Crippen MR) is 65.0 cm³/mol. The van der Waals surface area contributed by atoms with Gasteiger partial charge in [-0.25, -0.2) is 0 Å². The molecule has 1 unspecified atom stereocenters. The van der Waals surface area contributed by atoms with Crippen LogP contribution in [0.5, 0.6) is 0 Å². The summed E-state index contributed by atoms with van der Waals surface area (Å²) in [5.74, 6) is 0.708. The molecule has 90 valence electrons. The van der Waals surface area contributed by atoms with Crippen molar-refractivity contribution in [3.8, 4) is 0 Å². The zero-order valence-electron chi connectivity index (χ0n) is 10.6. The summed E-state index contributed by atoms with van der Waals surface area (Å²) >= 11 is 0. The first-order valence-corrected chi connectivity index (χ1v) is 6.50. The summed E-state index contributed by atoms with van der Waals surface area (Å²) in [6.45, 7) is 10.0. The molecule has 1 saturated heterocycles. The standard InChI is InChI=1S/C13H27NO/c1-4-14-10-5-7-13(15,9-11-14)8-6-12(2)3/h12,15H,4-11H2,1-3H3. The van der Waals surface area contributed by atoms with Crippen molar-refractivity contribution in [2.45, 2.75) is 58.5 Å². The molecule has 0 aromatic carbocycles. The SMILES string of the molecule is CCN1CCCC(O)(CCC(C)C)CC1. The molecule has 1 rings (SSSR count). The van der Waals surface area contributed by atoms with Gasteiger partial charge in [0.1, 0.15) is 0 Å². The molecule has 0 amide bonds. The minimum Gasteiger partial charge on any atom is -0.390 e. The molecule has 1 aliphatic rings. The van der Waals surface area contributed by atoms with E-state index < -0.39 is 0 Å². The third-order valence-electron chi connectivity index (χ3n) is 3.64. The molecule has 0 aliphatic carbocycles. The molecule has 0 spiro atoms. The van der Waals surface area contributed by atoms with Gasteiger partial charge < -0.3 is 10.0 Å². The van der Waals surface area contributed by atoms with Gasteiger partial charge in [-0.3, -0.25) is 0 Å². The first kappa shape index (κ1) is 13.0. The maximum absolute atomic E-state index is 10.5. The molecule has 15 heavy (non-hydrogen) atoms. The maximum Gasteiger partial charge on any atom is 0.0660 e. The summed E-state index contributed by atoms with van der Waals surface area (Å²) < 4.78 is 0. The highest BCUT2D eigenvalue weighted by Gasteiger charge is 2.29. The predicted octanol–water partition coefficient (Wildman–Crippen LogP) is 2.66. The van der Waals surface area contributed by atoms with Crippen LogP contribution in [0.3, 0.4) is 0 Å². The lowest BCUT2D eigenvalue weighted by atomic mass is 9.87. The molecule has 2 heteroatoms. The monoisotopic (exact) mass is 213 g/mol. The zero-order chi connectivity index (χ0) is 11.3. The number of likely N-dealkylation sites (tertiary alicyclic amines) is 1. The molecule has 1 heterocycles. The van der Waals surface area contributed by atoms with E-state index in [2.05, 4.69) is 25.7 Å². The molecular formula is C13H27NO. The molecular weight excluding hydrogens is 186 g/mol. The number of aliphatic hydroxyl groups is 1. The van der Waals surface area contributed by atoms with Crippen LogP contribution in [-0.2, 0) is 0 Å². The molecule has 0 aromatic rings. The highest BCUT2D eigenvalue weighted by atomic mass is 16.3. The Balaban J connectivity index is 2.39. The Morgan fingerprint density at radius 1 is 1.27 bits per heavy atom. The van der Waals surface area contributed by atoms with Crippen LogP contribution in [-0.4, -0.2) is 35.2 Å². The van der Waals surface area contributed by atoms with E-state index in [1.54, 1.807) is 0 Å². The van der Waals surface area contributed by atoms with E-state index in [-0.39, 0.29) is 5.60 Å². The van der Waals surface area contributed by atoms with Gasteiger partial charge in [-0.2, -0.15) is 0 Å². The van der Waals surface area contributed by atoms with Crippen molar-refractivity contribution in [3.05, 3.63) is 0 Å². The Labute approximate surface area is 94.7 Å². The summed E-state index contributed by atoms with van der Waals surface area (Å²) in [7, 11) is 0. The second-order valence-electron chi connectivity index (χ2n) is 5.44. The number of hydrogen-bond acceptors (Lipinski definition) is 2. The lowest BCUT2D eigenvalue weighted by Gasteiger charge is -2.27. The highest BCUT2D eigenvalue weighted by Crippen LogP contribution is 2.28. The van der Waals surface area contributed by atoms with Gasteiger partial charge in [0.25, 0.3) is 0 Å². The quantitative estimate of drug-likeness (QED) is 0.776. The zero-order valence-corrected chi connectivity index (χ0v) is 10.6. The van der Waals surface area contributed by atoms with Gasteiger partial charge in [-0.1, -0.05) is 20.8 Å². The molecule has 1 N–H and O–H groups in total. The smallest absolute Gasteiger partial charge is 0.0660 e. The molecule has 0 bridgehead atoms. The summed E-state index contributed by atoms with van der Waals surface area (Å²) in [4.78, 5) is 2.45. The third kappa shape index (κ3) is 4.52. The molecule has 2 nitrogen and oxygen atoms in total. The van der Waals surface area contributed by atoms with E-state index in [0.29, 0.717) is 5.92 Å². The highest BCUT2D eigenvalue weighted by molar-refractivity contribution is 4.83. The van der Waals surface area contributed by atoms with Crippen molar-refractivity contribution >= 4 is 0 Å². The minimum atomic E-state index is -0.367. The Morgan fingerprint density at radius 2 is 2.00 bits per heavy atom. The minimum absolute atomic E-state index is 0.367. The van der Waals surface area contributed by atoms with E-state index in [1.165, 1.54) is 6.54 Å². The lowest BCUT2D eigenvalue weighted by Crippen LogP contribution is -2.31. The van der Waals surface area contributed by atoms with Crippen LogP contribution in [0.1, 0.15) is 52.9 Å². The van der Waals surface area contributed by atoms with E-state index in [0.717, 1.165) is 45.2 Å². The van der Waals surface area contributed by atoms with Crippen molar-refractivity contribution < 1.29 is 5.11 Å². The Bertz CT molecular complexity index is 181. The fraction of sp³-hybridized carbons (Fsp3) is 1.00. The van der Waals surface area contributed by atoms with E-state index in [4.69, 9.17) is 0 Å². The normalized spacial score (nSPS) is 29.4. The van der Waals surface area contributed by atoms with Crippen molar-refractivity contribution in [2.75, 3.05) is 19.6 Å². The maximum atomic E-state index is 10.5. The Kier molecular flexibility index (Phi) is 5.07. The summed E-state index contributed by atoms with van der Waals surface area (Å²) in [5.41, 5.74) is -0.367. The van der Waals surface area contributed by atoms with Crippen molar-refractivity contribution in [3.63, 3.8) is 0 Å². The van der Waals surface area contributed by atoms with Gasteiger partial charge >= 0.3 is 0 Å². The van der Waals surface area contributed by atoms with E-state index >= 15 is 0 Å². The van der Waals surface area contributed by atoms with Crippen LogP contribution in [0.15, 0.2) is 0 Å². The Hall–Kier alpha value is -0.0800. The number of nitrogens with zero attached hydrogens (tertiary/aromatic N) is 1. The topological polar surface area (TPSA) is 23.5 Å². The van der Waals surface area contributed by atoms with Crippen molar-refractivity contribution in [1.82, 2.24) is 4.90 Å². The first-order valence-electron chi connectivity index (χ1n) is 6.50. The Morgan fingerprint density at radius 3 is 2.60 bits per heavy atom. The van der Waals surface area contributed by atoms with Gasteiger partial charge in [0.15, 0.2) is 0 Å². The fourth-order valence-corrected chi connectivity index (χ4v) is 2.36. The second kappa shape index (κ2) is 5.86. The molecule has 1 fully saturated rings. The van der Waals surface area contributed by atoms with Gasteiger partial charge in [0.05, 0.1) is 5.60 Å². The summed E-state index contributed by atoms with van der Waals surface area (Å²) in [6.07, 6.45) is 5.26. The summed E-state index contributed by atoms with van der Waals surface area (Å²) in [5, 5.41) is 10.5. The fourth-order valence-electron chi connectivity index (χ4n) is 2.36. The third-order valence-corrected chi connectivity index (χ3v) is 3.64. The van der Waals surface area contributed by atoms with Gasteiger partial charge in [0, 0.05) is 6.54 Å². The molecule has 0 saturated carbocycles. The van der Waals surface area contributed by atoms with Crippen LogP contribution in [0.2, 0.25) is 0 Å². The lowest BCUT2D eigenvalue weighted by molar-refractivity contribution is 0.0123. The van der Waals surface area contributed by atoms with Crippen LogP contribution in [0.25, 0.3) is 0 Å². The number of hydrogen-bond donors (Lipinski definition) is 1. The first-order chi connectivity index (χ1) is 7.06. The largest absolute Gasteiger partial charge is 0.390 e. The number of rotatable bonds is 4. The molecule has 0 aromatic heterocycles. The van der Waals surface area contributed by atoms with Crippen molar-refractivity contribution in [1.29, 1.82) is 0 Å². The molecule has 0 radical (unpaired) electrons. The second-order valence-corrected chi connectivity index (χ2v) is 5.44. The van der Waals surface area contributed by atoms with Crippen LogP contribution in [0.4, 0.5) is 0 Å².